The third kappa shape index (κ3) is 3.81. The van der Waals surface area contributed by atoms with Gasteiger partial charge in [0.1, 0.15) is 24.2 Å². The Balaban J connectivity index is 1.56. The highest BCUT2D eigenvalue weighted by molar-refractivity contribution is 5.60. The summed E-state index contributed by atoms with van der Waals surface area (Å²) < 4.78 is 11.6. The first-order chi connectivity index (χ1) is 13.5. The van der Waals surface area contributed by atoms with Crippen molar-refractivity contribution in [3.8, 4) is 11.5 Å². The number of phenols is 1. The summed E-state index contributed by atoms with van der Waals surface area (Å²) in [5, 5.41) is 33.9. The molecule has 1 saturated heterocycles. The first-order valence-electron chi connectivity index (χ1n) is 9.88. The quantitative estimate of drug-likeness (QED) is 0.647. The van der Waals surface area contributed by atoms with E-state index >= 15 is 0 Å². The molecule has 4 rings (SSSR count). The van der Waals surface area contributed by atoms with Crippen molar-refractivity contribution in [1.29, 1.82) is 0 Å². The van der Waals surface area contributed by atoms with Crippen LogP contribution in [0.1, 0.15) is 42.6 Å². The smallest absolute Gasteiger partial charge is 0.142 e. The molecule has 2 aliphatic heterocycles. The Labute approximate surface area is 164 Å². The van der Waals surface area contributed by atoms with Crippen molar-refractivity contribution in [2.24, 2.45) is 0 Å². The first-order valence-corrected chi connectivity index (χ1v) is 9.88. The Bertz CT molecular complexity index is 840. The van der Waals surface area contributed by atoms with E-state index < -0.39 is 18.3 Å². The lowest BCUT2D eigenvalue weighted by molar-refractivity contribution is -0.170. The number of nitrogens with one attached hydrogen (secondary N) is 1. The number of aromatic hydroxyl groups is 1. The van der Waals surface area contributed by atoms with Gasteiger partial charge in [-0.15, -0.1) is 0 Å². The lowest BCUT2D eigenvalue weighted by Gasteiger charge is -2.37. The minimum Gasteiger partial charge on any atom is -0.508 e. The maximum absolute atomic E-state index is 10.4. The Morgan fingerprint density at radius 2 is 2.00 bits per heavy atom. The number of rotatable bonds is 4. The number of aliphatic hydroxyl groups is 2. The average Bonchev–Trinajstić information content (AvgIpc) is 2.71. The van der Waals surface area contributed by atoms with E-state index in [1.165, 1.54) is 0 Å². The molecule has 6 heteroatoms. The molecule has 2 aromatic rings. The second-order valence-electron chi connectivity index (χ2n) is 7.54. The number of hydrogen-bond acceptors (Lipinski definition) is 6. The van der Waals surface area contributed by atoms with Gasteiger partial charge in [-0.3, -0.25) is 0 Å². The van der Waals surface area contributed by atoms with E-state index in [0.29, 0.717) is 25.9 Å². The number of benzene rings is 2. The maximum atomic E-state index is 10.4. The molecule has 0 radical (unpaired) electrons. The van der Waals surface area contributed by atoms with Crippen molar-refractivity contribution in [2.75, 3.05) is 18.5 Å². The monoisotopic (exact) mass is 385 g/mol. The molecule has 2 aliphatic rings. The van der Waals surface area contributed by atoms with Gasteiger partial charge in [-0.25, -0.2) is 0 Å². The molecule has 0 aliphatic carbocycles. The molecule has 4 N–H and O–H groups in total. The highest BCUT2D eigenvalue weighted by atomic mass is 16.5. The SMILES string of the molecule is CC[C@H]1O[C@@H](c2ccc(O)c(Cc3ccc4c(c3)NCCO4)c2)C[C@@H](O)[C@@H]1O. The van der Waals surface area contributed by atoms with E-state index in [4.69, 9.17) is 9.47 Å². The highest BCUT2D eigenvalue weighted by Gasteiger charge is 2.36. The van der Waals surface area contributed by atoms with Crippen molar-refractivity contribution in [2.45, 2.75) is 50.6 Å². The molecule has 1 fully saturated rings. The van der Waals surface area contributed by atoms with Crippen molar-refractivity contribution >= 4 is 5.69 Å². The largest absolute Gasteiger partial charge is 0.508 e. The van der Waals surface area contributed by atoms with Crippen LogP contribution in [0.2, 0.25) is 0 Å². The number of phenolic OH excluding ortho intramolecular Hbond substituents is 1. The predicted octanol–water partition coefficient (Wildman–Crippen LogP) is 2.75. The fraction of sp³-hybridized carbons (Fsp3) is 0.455. The van der Waals surface area contributed by atoms with Crippen molar-refractivity contribution < 1.29 is 24.8 Å². The Kier molecular flexibility index (Phi) is 5.44. The second-order valence-corrected chi connectivity index (χ2v) is 7.54. The van der Waals surface area contributed by atoms with Crippen LogP contribution in [0.3, 0.4) is 0 Å². The van der Waals surface area contributed by atoms with Crippen LogP contribution in [0.15, 0.2) is 36.4 Å². The molecule has 0 aromatic heterocycles. The average molecular weight is 385 g/mol. The molecule has 6 nitrogen and oxygen atoms in total. The molecule has 0 amide bonds. The summed E-state index contributed by atoms with van der Waals surface area (Å²) in [6, 6.07) is 11.4. The summed E-state index contributed by atoms with van der Waals surface area (Å²) in [4.78, 5) is 0. The van der Waals surface area contributed by atoms with Crippen molar-refractivity contribution in [3.63, 3.8) is 0 Å². The van der Waals surface area contributed by atoms with Crippen LogP contribution in [0.5, 0.6) is 11.5 Å². The summed E-state index contributed by atoms with van der Waals surface area (Å²) in [6.45, 7) is 3.37. The van der Waals surface area contributed by atoms with Crippen LogP contribution in [0.25, 0.3) is 0 Å². The molecule has 0 unspecified atom stereocenters. The predicted molar refractivity (Wildman–Crippen MR) is 106 cm³/mol. The van der Waals surface area contributed by atoms with Gasteiger partial charge in [0.25, 0.3) is 0 Å². The van der Waals surface area contributed by atoms with E-state index in [-0.39, 0.29) is 11.9 Å². The number of ether oxygens (including phenoxy) is 2. The fourth-order valence-electron chi connectivity index (χ4n) is 3.97. The molecule has 0 spiro atoms. The zero-order chi connectivity index (χ0) is 19.7. The zero-order valence-electron chi connectivity index (χ0n) is 16.0. The van der Waals surface area contributed by atoms with Crippen LogP contribution in [-0.2, 0) is 11.2 Å². The molecular weight excluding hydrogens is 358 g/mol. The zero-order valence-corrected chi connectivity index (χ0v) is 16.0. The second kappa shape index (κ2) is 7.99. The summed E-state index contributed by atoms with van der Waals surface area (Å²) >= 11 is 0. The van der Waals surface area contributed by atoms with E-state index in [2.05, 4.69) is 5.32 Å². The molecule has 0 bridgehead atoms. The Hall–Kier alpha value is -2.28. The van der Waals surface area contributed by atoms with Gasteiger partial charge in [-0.1, -0.05) is 19.1 Å². The van der Waals surface area contributed by atoms with E-state index in [1.54, 1.807) is 6.07 Å². The Morgan fingerprint density at radius 3 is 2.82 bits per heavy atom. The van der Waals surface area contributed by atoms with Crippen LogP contribution in [0, 0.1) is 0 Å². The summed E-state index contributed by atoms with van der Waals surface area (Å²) in [7, 11) is 0. The van der Waals surface area contributed by atoms with Crippen molar-refractivity contribution in [1.82, 2.24) is 0 Å². The van der Waals surface area contributed by atoms with Gasteiger partial charge in [0.2, 0.25) is 0 Å². The topological polar surface area (TPSA) is 91.2 Å². The van der Waals surface area contributed by atoms with Gasteiger partial charge >= 0.3 is 0 Å². The van der Waals surface area contributed by atoms with Gasteiger partial charge in [-0.05, 0) is 47.4 Å². The van der Waals surface area contributed by atoms with Crippen LogP contribution in [0.4, 0.5) is 5.69 Å². The first kappa shape index (κ1) is 19.1. The minimum absolute atomic E-state index is 0.231. The number of hydrogen-bond donors (Lipinski definition) is 4. The number of anilines is 1. The summed E-state index contributed by atoms with van der Waals surface area (Å²) in [6.07, 6.45) is -0.829. The van der Waals surface area contributed by atoms with Gasteiger partial charge in [0.05, 0.1) is 24.0 Å². The third-order valence-corrected chi connectivity index (χ3v) is 5.56. The highest BCUT2D eigenvalue weighted by Crippen LogP contribution is 2.36. The van der Waals surface area contributed by atoms with Crippen LogP contribution in [-0.4, -0.2) is 46.8 Å². The summed E-state index contributed by atoms with van der Waals surface area (Å²) in [5.41, 5.74) is 3.73. The maximum Gasteiger partial charge on any atom is 0.142 e. The normalized spacial score (nSPS) is 26.8. The van der Waals surface area contributed by atoms with Gasteiger partial charge in [0.15, 0.2) is 0 Å². The lowest BCUT2D eigenvalue weighted by Crippen LogP contribution is -2.45. The molecular formula is C22H27NO5. The minimum atomic E-state index is -0.858. The Morgan fingerprint density at radius 1 is 1.14 bits per heavy atom. The van der Waals surface area contributed by atoms with Gasteiger partial charge in [-0.2, -0.15) is 0 Å². The molecule has 0 saturated carbocycles. The van der Waals surface area contributed by atoms with Crippen LogP contribution >= 0.6 is 0 Å². The third-order valence-electron chi connectivity index (χ3n) is 5.56. The van der Waals surface area contributed by atoms with Gasteiger partial charge < -0.3 is 30.1 Å². The van der Waals surface area contributed by atoms with E-state index in [9.17, 15) is 15.3 Å². The van der Waals surface area contributed by atoms with Crippen LogP contribution < -0.4 is 10.1 Å². The molecule has 28 heavy (non-hydrogen) atoms. The molecule has 150 valence electrons. The summed E-state index contributed by atoms with van der Waals surface area (Å²) in [5.74, 6) is 1.08. The van der Waals surface area contributed by atoms with E-state index in [0.717, 1.165) is 34.7 Å². The molecule has 2 aromatic carbocycles. The molecule has 4 atom stereocenters. The van der Waals surface area contributed by atoms with Gasteiger partial charge in [0, 0.05) is 19.4 Å². The lowest BCUT2D eigenvalue weighted by atomic mass is 9.91. The van der Waals surface area contributed by atoms with E-state index in [1.807, 2.05) is 37.3 Å². The fourth-order valence-corrected chi connectivity index (χ4v) is 3.97. The molecule has 2 heterocycles. The van der Waals surface area contributed by atoms with Crippen molar-refractivity contribution in [3.05, 3.63) is 53.1 Å². The number of fused-ring (bicyclic) bond motifs is 1. The standard InChI is InChI=1S/C22H27NO5/c1-2-19-22(26)18(25)12-21(28-19)14-4-5-17(24)15(11-14)9-13-3-6-20-16(10-13)23-7-8-27-20/h3-6,10-11,18-19,21-26H,2,7-9,12H2,1H3/t18-,19-,21-,22+/m1/s1. The number of aliphatic hydroxyl groups excluding tert-OH is 2.